The van der Waals surface area contributed by atoms with Crippen LogP contribution in [0.25, 0.3) is 0 Å². The van der Waals surface area contributed by atoms with Crippen molar-refractivity contribution in [1.29, 1.82) is 0 Å². The molecule has 2 rings (SSSR count). The second-order valence-corrected chi connectivity index (χ2v) is 5.34. The van der Waals surface area contributed by atoms with Crippen LogP contribution < -0.4 is 20.5 Å². The average molecular weight is 328 g/mol. The van der Waals surface area contributed by atoms with Gasteiger partial charge in [0.1, 0.15) is 24.7 Å². The third-order valence-corrected chi connectivity index (χ3v) is 3.44. The van der Waals surface area contributed by atoms with Gasteiger partial charge in [-0.1, -0.05) is 24.3 Å². The van der Waals surface area contributed by atoms with Crippen molar-refractivity contribution < 1.29 is 14.3 Å². The van der Waals surface area contributed by atoms with E-state index in [1.165, 1.54) is 0 Å². The molecule has 0 saturated carbocycles. The predicted octanol–water partition coefficient (Wildman–Crippen LogP) is 2.80. The first-order valence-corrected chi connectivity index (χ1v) is 8.14. The monoisotopic (exact) mass is 328 g/mol. The summed E-state index contributed by atoms with van der Waals surface area (Å²) in [5.41, 5.74) is 7.61. The molecule has 0 aliphatic rings. The van der Waals surface area contributed by atoms with Crippen LogP contribution in [0.15, 0.2) is 48.5 Å². The Morgan fingerprint density at radius 2 is 1.83 bits per heavy atom. The highest BCUT2D eigenvalue weighted by atomic mass is 16.5. The number of hydrogen-bond donors (Lipinski definition) is 2. The average Bonchev–Trinajstić information content (AvgIpc) is 2.59. The zero-order chi connectivity index (χ0) is 17.2. The number of carbonyl (C=O) groups excluding carboxylic acids is 1. The van der Waals surface area contributed by atoms with E-state index in [1.807, 2.05) is 55.5 Å². The highest BCUT2D eigenvalue weighted by molar-refractivity contribution is 5.76. The minimum atomic E-state index is 0.0504. The summed E-state index contributed by atoms with van der Waals surface area (Å²) in [5.74, 6) is 1.50. The van der Waals surface area contributed by atoms with Crippen molar-refractivity contribution in [3.8, 4) is 11.5 Å². The van der Waals surface area contributed by atoms with Crippen LogP contribution in [-0.2, 0) is 11.2 Å². The maximum absolute atomic E-state index is 11.5. The van der Waals surface area contributed by atoms with Gasteiger partial charge in [-0.05, 0) is 43.2 Å². The number of amides is 1. The van der Waals surface area contributed by atoms with Crippen molar-refractivity contribution in [3.05, 3.63) is 54.1 Å². The van der Waals surface area contributed by atoms with E-state index in [2.05, 4.69) is 5.32 Å². The van der Waals surface area contributed by atoms with Crippen molar-refractivity contribution in [2.45, 2.75) is 19.8 Å². The lowest BCUT2D eigenvalue weighted by Crippen LogP contribution is -2.22. The number of carbonyl (C=O) groups is 1. The summed E-state index contributed by atoms with van der Waals surface area (Å²) in [4.78, 5) is 11.5. The van der Waals surface area contributed by atoms with Gasteiger partial charge < -0.3 is 20.5 Å². The third kappa shape index (κ3) is 5.83. The zero-order valence-electron chi connectivity index (χ0n) is 14.0. The van der Waals surface area contributed by atoms with Gasteiger partial charge in [0.25, 0.3) is 0 Å². The Balaban J connectivity index is 1.76. The summed E-state index contributed by atoms with van der Waals surface area (Å²) in [7, 11) is 0. The van der Waals surface area contributed by atoms with Crippen LogP contribution in [-0.4, -0.2) is 25.7 Å². The van der Waals surface area contributed by atoms with E-state index in [0.717, 1.165) is 11.3 Å². The summed E-state index contributed by atoms with van der Waals surface area (Å²) in [6, 6.07) is 15.2. The smallest absolute Gasteiger partial charge is 0.220 e. The van der Waals surface area contributed by atoms with E-state index in [0.29, 0.717) is 44.0 Å². The summed E-state index contributed by atoms with van der Waals surface area (Å²) in [6.45, 7) is 3.42. The fourth-order valence-corrected chi connectivity index (χ4v) is 2.26. The molecule has 0 atom stereocenters. The molecule has 2 aromatic rings. The van der Waals surface area contributed by atoms with Gasteiger partial charge in [-0.2, -0.15) is 0 Å². The minimum absolute atomic E-state index is 0.0504. The number of ether oxygens (including phenoxy) is 2. The molecule has 0 aliphatic carbocycles. The van der Waals surface area contributed by atoms with Crippen LogP contribution in [0, 0.1) is 0 Å². The topological polar surface area (TPSA) is 73.6 Å². The molecule has 0 spiro atoms. The van der Waals surface area contributed by atoms with Crippen LogP contribution in [0.2, 0.25) is 0 Å². The molecule has 0 aliphatic heterocycles. The van der Waals surface area contributed by atoms with Gasteiger partial charge >= 0.3 is 0 Å². The number of nitrogen functional groups attached to an aromatic ring is 1. The lowest BCUT2D eigenvalue weighted by Gasteiger charge is -2.11. The molecule has 0 unspecified atom stereocenters. The van der Waals surface area contributed by atoms with Crippen LogP contribution in [0.4, 0.5) is 5.69 Å². The van der Waals surface area contributed by atoms with E-state index in [-0.39, 0.29) is 5.91 Å². The van der Waals surface area contributed by atoms with Gasteiger partial charge in [0, 0.05) is 13.0 Å². The molecule has 0 fully saturated rings. The molecule has 0 saturated heterocycles. The maximum Gasteiger partial charge on any atom is 0.220 e. The van der Waals surface area contributed by atoms with E-state index < -0.39 is 0 Å². The molecule has 128 valence electrons. The molecule has 24 heavy (non-hydrogen) atoms. The van der Waals surface area contributed by atoms with Crippen molar-refractivity contribution in [3.63, 3.8) is 0 Å². The minimum Gasteiger partial charge on any atom is -0.490 e. The van der Waals surface area contributed by atoms with E-state index in [9.17, 15) is 4.79 Å². The van der Waals surface area contributed by atoms with Crippen molar-refractivity contribution in [2.24, 2.45) is 0 Å². The molecule has 0 bridgehead atoms. The lowest BCUT2D eigenvalue weighted by molar-refractivity contribution is -0.120. The number of anilines is 1. The van der Waals surface area contributed by atoms with Crippen LogP contribution in [0.5, 0.6) is 11.5 Å². The first-order chi connectivity index (χ1) is 11.7. The second-order valence-electron chi connectivity index (χ2n) is 5.34. The molecule has 5 nitrogen and oxygen atoms in total. The Morgan fingerprint density at radius 3 is 2.54 bits per heavy atom. The molecule has 1 amide bonds. The quantitative estimate of drug-likeness (QED) is 0.548. The van der Waals surface area contributed by atoms with Crippen LogP contribution in [0.3, 0.4) is 0 Å². The molecule has 0 heterocycles. The number of nitrogens with one attached hydrogen (secondary N) is 1. The molecular formula is C19H24N2O3. The van der Waals surface area contributed by atoms with Gasteiger partial charge in [-0.3, -0.25) is 4.79 Å². The molecule has 5 heteroatoms. The standard InChI is InChI=1S/C19H24N2O3/c1-2-21-19(22)11-9-15-8-10-18(17(20)14-15)24-13-12-23-16-6-4-3-5-7-16/h3-8,10,14H,2,9,11-13,20H2,1H3,(H,21,22). The predicted molar refractivity (Wildman–Crippen MR) is 95.3 cm³/mol. The fourth-order valence-electron chi connectivity index (χ4n) is 2.26. The van der Waals surface area contributed by atoms with Gasteiger partial charge in [0.2, 0.25) is 5.91 Å². The van der Waals surface area contributed by atoms with E-state index >= 15 is 0 Å². The number of benzene rings is 2. The van der Waals surface area contributed by atoms with Gasteiger partial charge in [-0.25, -0.2) is 0 Å². The van der Waals surface area contributed by atoms with Gasteiger partial charge in [0.15, 0.2) is 0 Å². The molecule has 2 aromatic carbocycles. The summed E-state index contributed by atoms with van der Waals surface area (Å²) >= 11 is 0. The second kappa shape index (κ2) is 9.45. The first-order valence-electron chi connectivity index (χ1n) is 8.14. The third-order valence-electron chi connectivity index (χ3n) is 3.44. The Kier molecular flexibility index (Phi) is 6.95. The number of para-hydroxylation sites is 1. The first kappa shape index (κ1) is 17.7. The number of hydrogen-bond acceptors (Lipinski definition) is 4. The SMILES string of the molecule is CCNC(=O)CCc1ccc(OCCOc2ccccc2)c(N)c1. The Labute approximate surface area is 142 Å². The van der Waals surface area contributed by atoms with Gasteiger partial charge in [-0.15, -0.1) is 0 Å². The Bertz CT molecular complexity index is 644. The normalized spacial score (nSPS) is 10.2. The molecule has 3 N–H and O–H groups in total. The summed E-state index contributed by atoms with van der Waals surface area (Å²) in [6.07, 6.45) is 1.12. The molecule has 0 radical (unpaired) electrons. The fraction of sp³-hybridized carbons (Fsp3) is 0.316. The van der Waals surface area contributed by atoms with Crippen LogP contribution >= 0.6 is 0 Å². The van der Waals surface area contributed by atoms with Crippen molar-refractivity contribution >= 4 is 11.6 Å². The van der Waals surface area contributed by atoms with Gasteiger partial charge in [0.05, 0.1) is 5.69 Å². The highest BCUT2D eigenvalue weighted by Gasteiger charge is 2.05. The van der Waals surface area contributed by atoms with Crippen molar-refractivity contribution in [1.82, 2.24) is 5.32 Å². The summed E-state index contributed by atoms with van der Waals surface area (Å²) in [5, 5.41) is 2.78. The number of nitrogens with two attached hydrogens (primary N) is 1. The Morgan fingerprint density at radius 1 is 1.08 bits per heavy atom. The Hall–Kier alpha value is -2.69. The highest BCUT2D eigenvalue weighted by Crippen LogP contribution is 2.23. The van der Waals surface area contributed by atoms with Crippen molar-refractivity contribution in [2.75, 3.05) is 25.5 Å². The number of rotatable bonds is 9. The largest absolute Gasteiger partial charge is 0.490 e. The van der Waals surface area contributed by atoms with Crippen LogP contribution in [0.1, 0.15) is 18.9 Å². The lowest BCUT2D eigenvalue weighted by atomic mass is 10.1. The maximum atomic E-state index is 11.5. The van der Waals surface area contributed by atoms with E-state index in [4.69, 9.17) is 15.2 Å². The van der Waals surface area contributed by atoms with E-state index in [1.54, 1.807) is 0 Å². The number of aryl methyl sites for hydroxylation is 1. The molecular weight excluding hydrogens is 304 g/mol. The summed E-state index contributed by atoms with van der Waals surface area (Å²) < 4.78 is 11.2. The zero-order valence-corrected chi connectivity index (χ0v) is 14.0. The molecule has 0 aromatic heterocycles.